The van der Waals surface area contributed by atoms with Gasteiger partial charge in [-0.2, -0.15) is 0 Å². The third-order valence-electron chi connectivity index (χ3n) is 6.49. The molecule has 2 aromatic heterocycles. The highest BCUT2D eigenvalue weighted by Gasteiger charge is 2.41. The predicted molar refractivity (Wildman–Crippen MR) is 141 cm³/mol. The Kier molecular flexibility index (Phi) is 7.50. The quantitative estimate of drug-likeness (QED) is 0.363. The zero-order valence-corrected chi connectivity index (χ0v) is 21.3. The third-order valence-corrected chi connectivity index (χ3v) is 6.94. The fourth-order valence-electron chi connectivity index (χ4n) is 4.45. The van der Waals surface area contributed by atoms with Crippen molar-refractivity contribution in [3.63, 3.8) is 0 Å². The first-order chi connectivity index (χ1) is 18.0. The Morgan fingerprint density at radius 2 is 2.05 bits per heavy atom. The SMILES string of the molecule is COc1ccc(CNC(=O)C2CN(C3(Cl)C=CNC(n4ccnc4)=N3)CCN2Cc2cccnc2)cc1. The number of pyridine rings is 1. The molecule has 0 aliphatic carbocycles. The lowest BCUT2D eigenvalue weighted by Crippen LogP contribution is -2.62. The van der Waals surface area contributed by atoms with Gasteiger partial charge in [-0.05, 0) is 35.4 Å². The van der Waals surface area contributed by atoms with Gasteiger partial charge in [0.1, 0.15) is 18.1 Å². The number of alkyl halides is 1. The van der Waals surface area contributed by atoms with Crippen LogP contribution in [0.2, 0.25) is 0 Å². The first-order valence-electron chi connectivity index (χ1n) is 12.0. The van der Waals surface area contributed by atoms with Crippen LogP contribution < -0.4 is 15.4 Å². The molecule has 2 atom stereocenters. The molecule has 2 aliphatic rings. The number of imidazole rings is 1. The summed E-state index contributed by atoms with van der Waals surface area (Å²) in [5, 5.41) is 5.09. The summed E-state index contributed by atoms with van der Waals surface area (Å²) in [6, 6.07) is 11.2. The van der Waals surface area contributed by atoms with Crippen molar-refractivity contribution in [2.75, 3.05) is 26.7 Å². The predicted octanol–water partition coefficient (Wildman–Crippen LogP) is 2.00. The smallest absolute Gasteiger partial charge is 0.238 e. The normalized spacial score (nSPS) is 22.2. The van der Waals surface area contributed by atoms with E-state index < -0.39 is 11.2 Å². The van der Waals surface area contributed by atoms with Gasteiger partial charge >= 0.3 is 0 Å². The van der Waals surface area contributed by atoms with Crippen LogP contribution in [0.4, 0.5) is 0 Å². The van der Waals surface area contributed by atoms with E-state index in [1.165, 1.54) is 0 Å². The molecule has 5 rings (SSSR count). The Hall–Kier alpha value is -3.73. The summed E-state index contributed by atoms with van der Waals surface area (Å²) < 4.78 is 6.99. The van der Waals surface area contributed by atoms with Crippen LogP contribution >= 0.6 is 11.6 Å². The Morgan fingerprint density at radius 1 is 1.19 bits per heavy atom. The zero-order chi connectivity index (χ0) is 25.7. The van der Waals surface area contributed by atoms with E-state index >= 15 is 0 Å². The molecule has 10 nitrogen and oxygen atoms in total. The zero-order valence-electron chi connectivity index (χ0n) is 20.5. The molecule has 2 N–H and O–H groups in total. The lowest BCUT2D eigenvalue weighted by atomic mass is 10.1. The molecule has 1 aromatic carbocycles. The Bertz CT molecular complexity index is 1250. The van der Waals surface area contributed by atoms with Crippen molar-refractivity contribution < 1.29 is 9.53 Å². The van der Waals surface area contributed by atoms with Crippen molar-refractivity contribution in [1.82, 2.24) is 35.0 Å². The van der Waals surface area contributed by atoms with Gasteiger partial charge in [-0.3, -0.25) is 24.1 Å². The Labute approximate surface area is 220 Å². The summed E-state index contributed by atoms with van der Waals surface area (Å²) >= 11 is 7.05. The van der Waals surface area contributed by atoms with Crippen LogP contribution in [0, 0.1) is 0 Å². The third kappa shape index (κ3) is 5.82. The van der Waals surface area contributed by atoms with Crippen LogP contribution in [0.1, 0.15) is 11.1 Å². The van der Waals surface area contributed by atoms with Gasteiger partial charge in [-0.1, -0.05) is 29.8 Å². The van der Waals surface area contributed by atoms with Gasteiger partial charge in [0, 0.05) is 63.7 Å². The maximum atomic E-state index is 13.5. The number of piperazine rings is 1. The molecule has 0 bridgehead atoms. The molecule has 2 aliphatic heterocycles. The van der Waals surface area contributed by atoms with E-state index in [4.69, 9.17) is 21.3 Å². The highest BCUT2D eigenvalue weighted by atomic mass is 35.5. The van der Waals surface area contributed by atoms with Gasteiger partial charge in [0.15, 0.2) is 0 Å². The summed E-state index contributed by atoms with van der Waals surface area (Å²) in [6.07, 6.45) is 12.3. The molecule has 1 amide bonds. The van der Waals surface area contributed by atoms with E-state index in [-0.39, 0.29) is 5.91 Å². The number of hydrogen-bond donors (Lipinski definition) is 2. The second kappa shape index (κ2) is 11.1. The van der Waals surface area contributed by atoms with Crippen molar-refractivity contribution in [1.29, 1.82) is 0 Å². The number of nitrogens with one attached hydrogen (secondary N) is 2. The summed E-state index contributed by atoms with van der Waals surface area (Å²) in [6.45, 7) is 2.71. The molecule has 37 heavy (non-hydrogen) atoms. The van der Waals surface area contributed by atoms with Gasteiger partial charge in [0.2, 0.25) is 17.0 Å². The maximum Gasteiger partial charge on any atom is 0.238 e. The van der Waals surface area contributed by atoms with Crippen molar-refractivity contribution in [2.45, 2.75) is 24.3 Å². The van der Waals surface area contributed by atoms with E-state index in [1.54, 1.807) is 48.9 Å². The van der Waals surface area contributed by atoms with Crippen molar-refractivity contribution in [2.24, 2.45) is 4.99 Å². The van der Waals surface area contributed by atoms with Crippen LogP contribution in [0.5, 0.6) is 5.75 Å². The minimum atomic E-state index is -1.13. The van der Waals surface area contributed by atoms with Gasteiger partial charge in [-0.25, -0.2) is 9.98 Å². The number of aliphatic imine (C=N–C) groups is 1. The Balaban J connectivity index is 1.34. The minimum absolute atomic E-state index is 0.0681. The standard InChI is InChI=1S/C26H29ClN8O2/c1-37-22-6-4-20(5-7-22)16-31-24(36)23-18-35(14-13-33(23)17-21-3-2-9-28-15-21)26(27)8-10-30-25(32-26)34-12-11-29-19-34/h2-12,15,19,23H,13-14,16-18H2,1H3,(H,30,32)(H,31,36). The number of nitrogens with zero attached hydrogens (tertiary/aromatic N) is 6. The lowest BCUT2D eigenvalue weighted by molar-refractivity contribution is -0.130. The fourth-order valence-corrected chi connectivity index (χ4v) is 4.75. The molecule has 0 spiro atoms. The number of carbonyl (C=O) groups is 1. The number of amides is 1. The number of rotatable bonds is 7. The molecular formula is C26H29ClN8O2. The molecule has 11 heteroatoms. The number of carbonyl (C=O) groups excluding carboxylic acids is 1. The van der Waals surface area contributed by atoms with Crippen molar-refractivity contribution in [3.8, 4) is 5.75 Å². The average molecular weight is 521 g/mol. The Morgan fingerprint density at radius 3 is 2.78 bits per heavy atom. The van der Waals surface area contributed by atoms with Crippen molar-refractivity contribution >= 4 is 23.5 Å². The molecule has 0 radical (unpaired) electrons. The fraction of sp³-hybridized carbons (Fsp3) is 0.308. The van der Waals surface area contributed by atoms with Crippen molar-refractivity contribution in [3.05, 3.63) is 90.9 Å². The van der Waals surface area contributed by atoms with E-state index in [0.29, 0.717) is 38.7 Å². The second-order valence-electron chi connectivity index (χ2n) is 8.88. The number of aromatic nitrogens is 3. The lowest BCUT2D eigenvalue weighted by Gasteiger charge is -2.45. The summed E-state index contributed by atoms with van der Waals surface area (Å²) in [4.78, 5) is 30.8. The van der Waals surface area contributed by atoms with Gasteiger partial charge in [0.25, 0.3) is 0 Å². The number of methoxy groups -OCH3 is 1. The number of ether oxygens (including phenoxy) is 1. The van der Waals surface area contributed by atoms with Gasteiger partial charge < -0.3 is 15.4 Å². The van der Waals surface area contributed by atoms with Crippen LogP contribution in [-0.2, 0) is 17.9 Å². The largest absolute Gasteiger partial charge is 0.497 e. The van der Waals surface area contributed by atoms with E-state index in [9.17, 15) is 4.79 Å². The van der Waals surface area contributed by atoms with Gasteiger partial charge in [0.05, 0.1) is 7.11 Å². The highest BCUT2D eigenvalue weighted by Crippen LogP contribution is 2.30. The molecule has 2 unspecified atom stereocenters. The number of hydrogen-bond acceptors (Lipinski definition) is 8. The summed E-state index contributed by atoms with van der Waals surface area (Å²) in [5.74, 6) is 1.27. The van der Waals surface area contributed by atoms with E-state index in [2.05, 4.69) is 25.5 Å². The van der Waals surface area contributed by atoms with E-state index in [1.807, 2.05) is 47.5 Å². The number of benzene rings is 1. The second-order valence-corrected chi connectivity index (χ2v) is 9.44. The topological polar surface area (TPSA) is 99.9 Å². The molecule has 3 aromatic rings. The number of halogens is 1. The van der Waals surface area contributed by atoms with E-state index in [0.717, 1.165) is 16.9 Å². The van der Waals surface area contributed by atoms with Crippen LogP contribution in [0.3, 0.4) is 0 Å². The molecule has 1 fully saturated rings. The maximum absolute atomic E-state index is 13.5. The molecule has 4 heterocycles. The monoisotopic (exact) mass is 520 g/mol. The van der Waals surface area contributed by atoms with Gasteiger partial charge in [-0.15, -0.1) is 0 Å². The molecular weight excluding hydrogens is 492 g/mol. The van der Waals surface area contributed by atoms with Crippen LogP contribution in [-0.4, -0.2) is 74.1 Å². The molecule has 192 valence electrons. The molecule has 0 saturated carbocycles. The van der Waals surface area contributed by atoms with Crippen LogP contribution in [0.25, 0.3) is 0 Å². The summed E-state index contributed by atoms with van der Waals surface area (Å²) in [5.41, 5.74) is 2.04. The summed E-state index contributed by atoms with van der Waals surface area (Å²) in [7, 11) is 1.63. The minimum Gasteiger partial charge on any atom is -0.497 e. The van der Waals surface area contributed by atoms with Crippen LogP contribution in [0.15, 0.2) is 84.8 Å². The first kappa shape index (κ1) is 24.9. The first-order valence-corrected chi connectivity index (χ1v) is 12.4. The average Bonchev–Trinajstić information content (AvgIpc) is 3.48. The highest BCUT2D eigenvalue weighted by molar-refractivity contribution is 6.25. The molecule has 1 saturated heterocycles.